The molecular weight excluding hydrogens is 184 g/mol. The van der Waals surface area contributed by atoms with Crippen molar-refractivity contribution in [2.24, 2.45) is 5.92 Å². The molecule has 0 saturated heterocycles. The van der Waals surface area contributed by atoms with Crippen molar-refractivity contribution in [3.05, 3.63) is 11.6 Å². The minimum atomic E-state index is 0.357. The molecule has 0 fully saturated rings. The highest BCUT2D eigenvalue weighted by Gasteiger charge is 2.00. The van der Waals surface area contributed by atoms with Crippen LogP contribution < -0.4 is 0 Å². The Balaban J connectivity index is 3.26. The van der Waals surface area contributed by atoms with Gasteiger partial charge in [-0.3, -0.25) is 0 Å². The quantitative estimate of drug-likeness (QED) is 0.446. The van der Waals surface area contributed by atoms with Gasteiger partial charge in [0.2, 0.25) is 0 Å². The summed E-state index contributed by atoms with van der Waals surface area (Å²) >= 11 is 0. The molecule has 0 amide bonds. The lowest BCUT2D eigenvalue weighted by molar-refractivity contribution is 0.281. The molecular formula is C14H28O. The largest absolute Gasteiger partial charge is 0.396 e. The van der Waals surface area contributed by atoms with Crippen molar-refractivity contribution in [2.45, 2.75) is 65.7 Å². The van der Waals surface area contributed by atoms with E-state index in [-0.39, 0.29) is 0 Å². The van der Waals surface area contributed by atoms with E-state index >= 15 is 0 Å². The van der Waals surface area contributed by atoms with Gasteiger partial charge >= 0.3 is 0 Å². The van der Waals surface area contributed by atoms with Gasteiger partial charge in [-0.15, -0.1) is 0 Å². The van der Waals surface area contributed by atoms with Crippen molar-refractivity contribution in [2.75, 3.05) is 6.61 Å². The average molecular weight is 212 g/mol. The Kier molecular flexibility index (Phi) is 10.0. The van der Waals surface area contributed by atoms with Gasteiger partial charge in [0, 0.05) is 6.61 Å². The lowest BCUT2D eigenvalue weighted by Gasteiger charge is -2.09. The molecule has 1 heteroatoms. The molecule has 0 radical (unpaired) electrons. The fraction of sp³-hybridized carbons (Fsp3) is 0.857. The number of rotatable bonds is 9. The third-order valence-corrected chi connectivity index (χ3v) is 2.82. The molecule has 15 heavy (non-hydrogen) atoms. The van der Waals surface area contributed by atoms with Crippen LogP contribution in [0.1, 0.15) is 65.7 Å². The Labute approximate surface area is 95.6 Å². The van der Waals surface area contributed by atoms with Gasteiger partial charge in [0.1, 0.15) is 0 Å². The SMILES string of the molecule is CC(C)=CCC[C@H](C)CCCCCCO. The molecule has 0 aromatic carbocycles. The van der Waals surface area contributed by atoms with E-state index < -0.39 is 0 Å². The summed E-state index contributed by atoms with van der Waals surface area (Å²) in [5, 5.41) is 8.64. The van der Waals surface area contributed by atoms with Gasteiger partial charge in [-0.05, 0) is 39.0 Å². The minimum Gasteiger partial charge on any atom is -0.396 e. The summed E-state index contributed by atoms with van der Waals surface area (Å²) in [6, 6.07) is 0. The second kappa shape index (κ2) is 10.2. The molecule has 1 N–H and O–H groups in total. The highest BCUT2D eigenvalue weighted by molar-refractivity contribution is 4.92. The van der Waals surface area contributed by atoms with Crippen molar-refractivity contribution in [3.8, 4) is 0 Å². The maximum atomic E-state index is 8.64. The second-order valence-electron chi connectivity index (χ2n) is 4.89. The van der Waals surface area contributed by atoms with Crippen LogP contribution in [0.3, 0.4) is 0 Å². The topological polar surface area (TPSA) is 20.2 Å². The van der Waals surface area contributed by atoms with Crippen LogP contribution in [0.15, 0.2) is 11.6 Å². The van der Waals surface area contributed by atoms with Gasteiger partial charge < -0.3 is 5.11 Å². The van der Waals surface area contributed by atoms with Crippen LogP contribution in [0.25, 0.3) is 0 Å². The maximum absolute atomic E-state index is 8.64. The molecule has 0 saturated carbocycles. The smallest absolute Gasteiger partial charge is 0.0431 e. The van der Waals surface area contributed by atoms with E-state index in [0.717, 1.165) is 12.3 Å². The van der Waals surface area contributed by atoms with E-state index in [4.69, 9.17) is 5.11 Å². The van der Waals surface area contributed by atoms with Crippen LogP contribution in [-0.4, -0.2) is 11.7 Å². The van der Waals surface area contributed by atoms with Gasteiger partial charge in [-0.1, -0.05) is 44.3 Å². The summed E-state index contributed by atoms with van der Waals surface area (Å²) < 4.78 is 0. The summed E-state index contributed by atoms with van der Waals surface area (Å²) in [6.45, 7) is 7.04. The van der Waals surface area contributed by atoms with Crippen LogP contribution in [0.2, 0.25) is 0 Å². The summed E-state index contributed by atoms with van der Waals surface area (Å²) in [5.74, 6) is 0.856. The predicted molar refractivity (Wildman–Crippen MR) is 68.0 cm³/mol. The van der Waals surface area contributed by atoms with E-state index in [9.17, 15) is 0 Å². The fourth-order valence-electron chi connectivity index (χ4n) is 1.76. The molecule has 0 bridgehead atoms. The molecule has 0 aromatic heterocycles. The standard InChI is InChI=1S/C14H28O/c1-13(2)9-8-11-14(3)10-6-4-5-7-12-15/h9,14-15H,4-8,10-12H2,1-3H3/t14-/m1/s1. The van der Waals surface area contributed by atoms with Crippen molar-refractivity contribution in [3.63, 3.8) is 0 Å². The number of aliphatic hydroxyl groups is 1. The monoisotopic (exact) mass is 212 g/mol. The molecule has 0 heterocycles. The summed E-state index contributed by atoms with van der Waals surface area (Å²) in [7, 11) is 0. The van der Waals surface area contributed by atoms with E-state index in [1.165, 1.54) is 44.1 Å². The summed E-state index contributed by atoms with van der Waals surface area (Å²) in [5.41, 5.74) is 1.44. The maximum Gasteiger partial charge on any atom is 0.0431 e. The first-order chi connectivity index (χ1) is 7.16. The number of allylic oxidation sites excluding steroid dienone is 2. The predicted octanol–water partition coefficient (Wildman–Crippen LogP) is 4.31. The van der Waals surface area contributed by atoms with Gasteiger partial charge in [-0.25, -0.2) is 0 Å². The Morgan fingerprint density at radius 2 is 1.73 bits per heavy atom. The fourth-order valence-corrected chi connectivity index (χ4v) is 1.76. The average Bonchev–Trinajstić information content (AvgIpc) is 2.17. The number of hydrogen-bond acceptors (Lipinski definition) is 1. The lowest BCUT2D eigenvalue weighted by atomic mass is 9.97. The van der Waals surface area contributed by atoms with Crippen molar-refractivity contribution < 1.29 is 5.11 Å². The van der Waals surface area contributed by atoms with Crippen LogP contribution in [-0.2, 0) is 0 Å². The van der Waals surface area contributed by atoms with E-state index in [0.29, 0.717) is 6.61 Å². The number of aliphatic hydroxyl groups excluding tert-OH is 1. The number of unbranched alkanes of at least 4 members (excludes halogenated alkanes) is 3. The second-order valence-corrected chi connectivity index (χ2v) is 4.89. The summed E-state index contributed by atoms with van der Waals surface area (Å²) in [4.78, 5) is 0. The van der Waals surface area contributed by atoms with Crippen LogP contribution in [0.5, 0.6) is 0 Å². The Hall–Kier alpha value is -0.300. The van der Waals surface area contributed by atoms with Gasteiger partial charge in [0.15, 0.2) is 0 Å². The first kappa shape index (κ1) is 14.7. The zero-order valence-corrected chi connectivity index (χ0v) is 10.8. The zero-order chi connectivity index (χ0) is 11.5. The zero-order valence-electron chi connectivity index (χ0n) is 10.8. The lowest BCUT2D eigenvalue weighted by Crippen LogP contribution is -1.94. The van der Waals surface area contributed by atoms with Gasteiger partial charge in [-0.2, -0.15) is 0 Å². The Morgan fingerprint density at radius 1 is 1.07 bits per heavy atom. The molecule has 0 spiro atoms. The molecule has 1 atom stereocenters. The van der Waals surface area contributed by atoms with E-state index in [2.05, 4.69) is 26.8 Å². The normalized spacial score (nSPS) is 12.5. The summed E-state index contributed by atoms with van der Waals surface area (Å²) in [6.07, 6.45) is 11.0. The van der Waals surface area contributed by atoms with Gasteiger partial charge in [0.05, 0.1) is 0 Å². The van der Waals surface area contributed by atoms with Crippen LogP contribution in [0.4, 0.5) is 0 Å². The van der Waals surface area contributed by atoms with E-state index in [1.807, 2.05) is 0 Å². The molecule has 90 valence electrons. The van der Waals surface area contributed by atoms with Crippen molar-refractivity contribution in [1.29, 1.82) is 0 Å². The number of hydrogen-bond donors (Lipinski definition) is 1. The molecule has 0 aliphatic heterocycles. The first-order valence-electron chi connectivity index (χ1n) is 6.41. The van der Waals surface area contributed by atoms with Crippen LogP contribution >= 0.6 is 0 Å². The van der Waals surface area contributed by atoms with Crippen molar-refractivity contribution >= 4 is 0 Å². The van der Waals surface area contributed by atoms with Gasteiger partial charge in [0.25, 0.3) is 0 Å². The molecule has 0 aliphatic rings. The molecule has 0 aliphatic carbocycles. The Bertz CT molecular complexity index is 157. The van der Waals surface area contributed by atoms with E-state index in [1.54, 1.807) is 0 Å². The Morgan fingerprint density at radius 3 is 2.33 bits per heavy atom. The molecule has 0 rings (SSSR count). The molecule has 0 aromatic rings. The molecule has 0 unspecified atom stereocenters. The minimum absolute atomic E-state index is 0.357. The third-order valence-electron chi connectivity index (χ3n) is 2.82. The highest BCUT2D eigenvalue weighted by Crippen LogP contribution is 2.16. The van der Waals surface area contributed by atoms with Crippen LogP contribution in [0, 0.1) is 5.92 Å². The third kappa shape index (κ3) is 11.6. The first-order valence-corrected chi connectivity index (χ1v) is 6.41. The highest BCUT2D eigenvalue weighted by atomic mass is 16.2. The van der Waals surface area contributed by atoms with Crippen molar-refractivity contribution in [1.82, 2.24) is 0 Å². The molecule has 1 nitrogen and oxygen atoms in total.